The summed E-state index contributed by atoms with van der Waals surface area (Å²) in [5.41, 5.74) is 5.63. The molecule has 5 rings (SSSR count). The molecule has 2 aromatic carbocycles. The van der Waals surface area contributed by atoms with E-state index in [9.17, 15) is 9.59 Å². The molecule has 0 saturated heterocycles. The number of anilines is 1. The molecule has 0 saturated carbocycles. The van der Waals surface area contributed by atoms with Gasteiger partial charge in [-0.3, -0.25) is 9.59 Å². The van der Waals surface area contributed by atoms with E-state index in [0.717, 1.165) is 40.6 Å². The van der Waals surface area contributed by atoms with Crippen LogP contribution in [0.25, 0.3) is 22.6 Å². The topological polar surface area (TPSA) is 62.3 Å². The lowest BCUT2D eigenvalue weighted by molar-refractivity contribution is 0.0827. The molecule has 1 N–H and O–H groups in total. The molecule has 0 spiro atoms. The number of fused-ring (bicyclic) bond motifs is 2. The standard InChI is InChI=1S/C27H23N3O2S/c1-30(2)27(32)18-7-5-8-19(15-18)28-26(31)24-21-10-3-4-11-23(21)29-25-17(12-13-22(24)25)16-20-9-6-14-33-20/h3-11,14-16H,12-13H2,1-2H3,(H,28,31)/b17-16-. The van der Waals surface area contributed by atoms with Crippen molar-refractivity contribution in [1.82, 2.24) is 9.88 Å². The number of thiophene rings is 1. The molecule has 1 aliphatic rings. The quantitative estimate of drug-likeness (QED) is 0.429. The number of hydrogen-bond acceptors (Lipinski definition) is 4. The number of rotatable bonds is 4. The van der Waals surface area contributed by atoms with Gasteiger partial charge in [0.1, 0.15) is 0 Å². The number of hydrogen-bond donors (Lipinski definition) is 1. The van der Waals surface area contributed by atoms with Crippen LogP contribution in [0, 0.1) is 0 Å². The van der Waals surface area contributed by atoms with Gasteiger partial charge in [-0.05, 0) is 65.8 Å². The summed E-state index contributed by atoms with van der Waals surface area (Å²) in [6, 6.07) is 18.9. The molecule has 0 fully saturated rings. The minimum Gasteiger partial charge on any atom is -0.345 e. The second-order valence-electron chi connectivity index (χ2n) is 8.25. The summed E-state index contributed by atoms with van der Waals surface area (Å²) < 4.78 is 0. The van der Waals surface area contributed by atoms with Crippen LogP contribution in [-0.4, -0.2) is 35.8 Å². The normalized spacial score (nSPS) is 13.8. The van der Waals surface area contributed by atoms with Gasteiger partial charge in [0.15, 0.2) is 0 Å². The Morgan fingerprint density at radius 1 is 1.03 bits per heavy atom. The first-order chi connectivity index (χ1) is 16.0. The van der Waals surface area contributed by atoms with Gasteiger partial charge in [0.25, 0.3) is 11.8 Å². The molecular formula is C27H23N3O2S. The fraction of sp³-hybridized carbons (Fsp3) is 0.148. The van der Waals surface area contributed by atoms with Crippen LogP contribution in [0.2, 0.25) is 0 Å². The maximum Gasteiger partial charge on any atom is 0.256 e. The van der Waals surface area contributed by atoms with Crippen molar-refractivity contribution in [3.8, 4) is 0 Å². The van der Waals surface area contributed by atoms with Gasteiger partial charge in [0.2, 0.25) is 0 Å². The lowest BCUT2D eigenvalue weighted by atomic mass is 10.00. The second kappa shape index (κ2) is 8.64. The van der Waals surface area contributed by atoms with Gasteiger partial charge in [-0.15, -0.1) is 11.3 Å². The van der Waals surface area contributed by atoms with Crippen LogP contribution in [0.4, 0.5) is 5.69 Å². The third kappa shape index (κ3) is 4.05. The van der Waals surface area contributed by atoms with E-state index in [4.69, 9.17) is 4.98 Å². The molecule has 1 aliphatic carbocycles. The summed E-state index contributed by atoms with van der Waals surface area (Å²) in [7, 11) is 3.42. The number of allylic oxidation sites excluding steroid dienone is 1. The number of benzene rings is 2. The molecule has 4 aromatic rings. The average molecular weight is 454 g/mol. The number of carbonyl (C=O) groups excluding carboxylic acids is 2. The zero-order chi connectivity index (χ0) is 22.9. The minimum absolute atomic E-state index is 0.107. The Morgan fingerprint density at radius 2 is 1.88 bits per heavy atom. The molecule has 0 unspecified atom stereocenters. The number of nitrogens with one attached hydrogen (secondary N) is 1. The summed E-state index contributed by atoms with van der Waals surface area (Å²) >= 11 is 1.69. The van der Waals surface area contributed by atoms with Crippen LogP contribution in [0.15, 0.2) is 66.0 Å². The molecule has 6 heteroatoms. The molecule has 2 amide bonds. The number of aromatic nitrogens is 1. The first-order valence-corrected chi connectivity index (χ1v) is 11.7. The molecule has 0 aliphatic heterocycles. The number of amides is 2. The van der Waals surface area contributed by atoms with E-state index in [-0.39, 0.29) is 11.8 Å². The van der Waals surface area contributed by atoms with Gasteiger partial charge in [-0.1, -0.05) is 30.3 Å². The number of carbonyl (C=O) groups is 2. The highest BCUT2D eigenvalue weighted by Gasteiger charge is 2.27. The molecule has 0 radical (unpaired) electrons. The van der Waals surface area contributed by atoms with Crippen LogP contribution in [0.5, 0.6) is 0 Å². The van der Waals surface area contributed by atoms with Crippen molar-refractivity contribution in [2.75, 3.05) is 19.4 Å². The predicted molar refractivity (Wildman–Crippen MR) is 135 cm³/mol. The Balaban J connectivity index is 1.57. The molecule has 33 heavy (non-hydrogen) atoms. The number of para-hydroxylation sites is 1. The molecule has 2 aromatic heterocycles. The van der Waals surface area contributed by atoms with E-state index in [1.54, 1.807) is 49.7 Å². The van der Waals surface area contributed by atoms with Gasteiger partial charge in [0.05, 0.1) is 16.8 Å². The lowest BCUT2D eigenvalue weighted by Crippen LogP contribution is -2.22. The highest BCUT2D eigenvalue weighted by atomic mass is 32.1. The van der Waals surface area contributed by atoms with Crippen molar-refractivity contribution >= 4 is 51.4 Å². The average Bonchev–Trinajstić information content (AvgIpc) is 3.47. The van der Waals surface area contributed by atoms with Crippen LogP contribution in [-0.2, 0) is 6.42 Å². The fourth-order valence-corrected chi connectivity index (χ4v) is 4.95. The van der Waals surface area contributed by atoms with Gasteiger partial charge in [-0.2, -0.15) is 0 Å². The van der Waals surface area contributed by atoms with Crippen LogP contribution in [0.1, 0.15) is 43.3 Å². The third-order valence-electron chi connectivity index (χ3n) is 5.80. The zero-order valence-corrected chi connectivity index (χ0v) is 19.3. The summed E-state index contributed by atoms with van der Waals surface area (Å²) in [6.45, 7) is 0. The van der Waals surface area contributed by atoms with E-state index in [1.165, 1.54) is 9.78 Å². The first-order valence-electron chi connectivity index (χ1n) is 10.8. The van der Waals surface area contributed by atoms with Gasteiger partial charge in [0, 0.05) is 35.6 Å². The van der Waals surface area contributed by atoms with Gasteiger partial charge < -0.3 is 10.2 Å². The van der Waals surface area contributed by atoms with Gasteiger partial charge in [-0.25, -0.2) is 4.98 Å². The second-order valence-corrected chi connectivity index (χ2v) is 9.23. The van der Waals surface area contributed by atoms with Crippen molar-refractivity contribution in [2.24, 2.45) is 0 Å². The van der Waals surface area contributed by atoms with Crippen LogP contribution < -0.4 is 5.32 Å². The Labute approximate surface area is 196 Å². The SMILES string of the molecule is CN(C)C(=O)c1cccc(NC(=O)c2c3c(nc4ccccc24)/C(=C\c2cccs2)CC3)c1. The molecule has 5 nitrogen and oxygen atoms in total. The van der Waals surface area contributed by atoms with Gasteiger partial charge >= 0.3 is 0 Å². The lowest BCUT2D eigenvalue weighted by Gasteiger charge is -2.14. The molecule has 0 atom stereocenters. The van der Waals surface area contributed by atoms with Crippen molar-refractivity contribution in [3.63, 3.8) is 0 Å². The number of pyridine rings is 1. The Hall–Kier alpha value is -3.77. The molecule has 0 bridgehead atoms. The highest BCUT2D eigenvalue weighted by Crippen LogP contribution is 2.38. The van der Waals surface area contributed by atoms with E-state index < -0.39 is 0 Å². The maximum absolute atomic E-state index is 13.6. The highest BCUT2D eigenvalue weighted by molar-refractivity contribution is 7.10. The van der Waals surface area contributed by atoms with Crippen molar-refractivity contribution < 1.29 is 9.59 Å². The molecule has 164 valence electrons. The first kappa shape index (κ1) is 21.1. The summed E-state index contributed by atoms with van der Waals surface area (Å²) in [5, 5.41) is 5.92. The molecule has 2 heterocycles. The van der Waals surface area contributed by atoms with E-state index >= 15 is 0 Å². The Bertz CT molecular complexity index is 1400. The fourth-order valence-electron chi connectivity index (χ4n) is 4.27. The molecular weight excluding hydrogens is 430 g/mol. The monoisotopic (exact) mass is 453 g/mol. The summed E-state index contributed by atoms with van der Waals surface area (Å²) in [5.74, 6) is -0.290. The smallest absolute Gasteiger partial charge is 0.256 e. The van der Waals surface area contributed by atoms with Crippen molar-refractivity contribution in [1.29, 1.82) is 0 Å². The summed E-state index contributed by atoms with van der Waals surface area (Å²) in [4.78, 5) is 33.6. The van der Waals surface area contributed by atoms with E-state index in [2.05, 4.69) is 22.8 Å². The zero-order valence-electron chi connectivity index (χ0n) is 18.5. The Morgan fingerprint density at radius 3 is 2.67 bits per heavy atom. The maximum atomic E-state index is 13.6. The third-order valence-corrected chi connectivity index (χ3v) is 6.62. The van der Waals surface area contributed by atoms with Crippen LogP contribution in [0.3, 0.4) is 0 Å². The van der Waals surface area contributed by atoms with Crippen LogP contribution >= 0.6 is 11.3 Å². The number of nitrogens with zero attached hydrogens (tertiary/aromatic N) is 2. The van der Waals surface area contributed by atoms with Crippen molar-refractivity contribution in [3.05, 3.63) is 93.3 Å². The predicted octanol–water partition coefficient (Wildman–Crippen LogP) is 5.74. The van der Waals surface area contributed by atoms with Crippen molar-refractivity contribution in [2.45, 2.75) is 12.8 Å². The Kier molecular flexibility index (Phi) is 5.52. The minimum atomic E-state index is -0.184. The summed E-state index contributed by atoms with van der Waals surface area (Å²) in [6.07, 6.45) is 3.80. The van der Waals surface area contributed by atoms with E-state index in [1.807, 2.05) is 30.3 Å². The largest absolute Gasteiger partial charge is 0.345 e. The van der Waals surface area contributed by atoms with E-state index in [0.29, 0.717) is 16.8 Å².